The van der Waals surface area contributed by atoms with Crippen LogP contribution in [0.5, 0.6) is 0 Å². The molecule has 0 N–H and O–H groups in total. The molecule has 2 aliphatic rings. The molecule has 1 amide bonds. The third-order valence-electron chi connectivity index (χ3n) is 4.22. The van der Waals surface area contributed by atoms with Crippen LogP contribution in [0, 0.1) is 0 Å². The monoisotopic (exact) mass is 258 g/mol. The van der Waals surface area contributed by atoms with Gasteiger partial charge in [-0.1, -0.05) is 12.1 Å². The lowest BCUT2D eigenvalue weighted by molar-refractivity contribution is 0.0725. The Morgan fingerprint density at radius 2 is 1.47 bits per heavy atom. The smallest absolute Gasteiger partial charge is 0.255 e. The number of anilines is 1. The molecule has 19 heavy (non-hydrogen) atoms. The lowest BCUT2D eigenvalue weighted by Crippen LogP contribution is -2.36. The molecule has 3 rings (SSSR count). The molecule has 2 saturated heterocycles. The van der Waals surface area contributed by atoms with Gasteiger partial charge in [-0.3, -0.25) is 4.79 Å². The number of likely N-dealkylation sites (tertiary alicyclic amines) is 1. The summed E-state index contributed by atoms with van der Waals surface area (Å²) >= 11 is 0. The number of benzene rings is 1. The van der Waals surface area contributed by atoms with E-state index in [1.54, 1.807) is 0 Å². The van der Waals surface area contributed by atoms with Gasteiger partial charge in [0.2, 0.25) is 0 Å². The second-order valence-corrected chi connectivity index (χ2v) is 5.56. The van der Waals surface area contributed by atoms with E-state index in [4.69, 9.17) is 0 Å². The Morgan fingerprint density at radius 3 is 2.21 bits per heavy atom. The molecule has 0 saturated carbocycles. The Labute approximate surface area is 115 Å². The Balaban J connectivity index is 1.84. The molecule has 0 bridgehead atoms. The number of carbonyl (C=O) groups is 1. The van der Waals surface area contributed by atoms with E-state index in [0.29, 0.717) is 0 Å². The topological polar surface area (TPSA) is 23.6 Å². The van der Waals surface area contributed by atoms with E-state index in [0.717, 1.165) is 50.3 Å². The van der Waals surface area contributed by atoms with Gasteiger partial charge in [0.25, 0.3) is 5.91 Å². The van der Waals surface area contributed by atoms with Crippen molar-refractivity contribution in [1.82, 2.24) is 4.90 Å². The van der Waals surface area contributed by atoms with E-state index in [1.807, 2.05) is 23.1 Å². The molecule has 3 heteroatoms. The number of amides is 1. The highest BCUT2D eigenvalue weighted by Crippen LogP contribution is 2.26. The van der Waals surface area contributed by atoms with Crippen LogP contribution in [-0.2, 0) is 0 Å². The molecule has 1 aromatic rings. The standard InChI is InChI=1S/C16H22N2O/c19-16(18-12-4-1-5-13-18)14-8-2-3-9-15(14)17-10-6-7-11-17/h2-3,8-9H,1,4-7,10-13H2. The zero-order valence-electron chi connectivity index (χ0n) is 11.5. The molecule has 2 fully saturated rings. The summed E-state index contributed by atoms with van der Waals surface area (Å²) in [5, 5.41) is 0. The first kappa shape index (κ1) is 12.5. The maximum absolute atomic E-state index is 12.7. The second kappa shape index (κ2) is 5.64. The predicted molar refractivity (Wildman–Crippen MR) is 77.6 cm³/mol. The molecular formula is C16H22N2O. The second-order valence-electron chi connectivity index (χ2n) is 5.56. The average Bonchev–Trinajstić information content (AvgIpc) is 3.01. The lowest BCUT2D eigenvalue weighted by Gasteiger charge is -2.29. The number of nitrogens with zero attached hydrogens (tertiary/aromatic N) is 2. The van der Waals surface area contributed by atoms with Crippen LogP contribution >= 0.6 is 0 Å². The summed E-state index contributed by atoms with van der Waals surface area (Å²) < 4.78 is 0. The number of para-hydroxylation sites is 1. The SMILES string of the molecule is O=C(c1ccccc1N1CCCC1)N1CCCCC1. The normalized spacial score (nSPS) is 19.8. The van der Waals surface area contributed by atoms with E-state index < -0.39 is 0 Å². The van der Waals surface area contributed by atoms with Crippen LogP contribution in [-0.4, -0.2) is 37.0 Å². The van der Waals surface area contributed by atoms with Crippen LogP contribution in [0.25, 0.3) is 0 Å². The van der Waals surface area contributed by atoms with Gasteiger partial charge in [-0.05, 0) is 44.2 Å². The van der Waals surface area contributed by atoms with Crippen molar-refractivity contribution in [3.05, 3.63) is 29.8 Å². The highest BCUT2D eigenvalue weighted by Gasteiger charge is 2.23. The fraction of sp³-hybridized carbons (Fsp3) is 0.562. The minimum Gasteiger partial charge on any atom is -0.371 e. The molecule has 0 radical (unpaired) electrons. The van der Waals surface area contributed by atoms with Gasteiger partial charge in [-0.2, -0.15) is 0 Å². The third-order valence-corrected chi connectivity index (χ3v) is 4.22. The van der Waals surface area contributed by atoms with Crippen LogP contribution in [0.15, 0.2) is 24.3 Å². The van der Waals surface area contributed by atoms with Crippen molar-refractivity contribution in [2.24, 2.45) is 0 Å². The maximum Gasteiger partial charge on any atom is 0.255 e. The van der Waals surface area contributed by atoms with Gasteiger partial charge < -0.3 is 9.80 Å². The highest BCUT2D eigenvalue weighted by molar-refractivity contribution is 5.99. The summed E-state index contributed by atoms with van der Waals surface area (Å²) in [5.74, 6) is 0.224. The number of piperidine rings is 1. The van der Waals surface area contributed by atoms with E-state index in [2.05, 4.69) is 11.0 Å². The van der Waals surface area contributed by atoms with Crippen molar-refractivity contribution < 1.29 is 4.79 Å². The van der Waals surface area contributed by atoms with Crippen molar-refractivity contribution in [3.63, 3.8) is 0 Å². The van der Waals surface area contributed by atoms with Crippen molar-refractivity contribution in [2.75, 3.05) is 31.1 Å². The summed E-state index contributed by atoms with van der Waals surface area (Å²) in [6, 6.07) is 8.12. The van der Waals surface area contributed by atoms with Crippen molar-refractivity contribution >= 4 is 11.6 Å². The quantitative estimate of drug-likeness (QED) is 0.814. The van der Waals surface area contributed by atoms with Crippen LogP contribution in [0.4, 0.5) is 5.69 Å². The lowest BCUT2D eigenvalue weighted by atomic mass is 10.1. The van der Waals surface area contributed by atoms with Crippen LogP contribution in [0.1, 0.15) is 42.5 Å². The summed E-state index contributed by atoms with van der Waals surface area (Å²) in [5.41, 5.74) is 2.03. The van der Waals surface area contributed by atoms with E-state index in [9.17, 15) is 4.79 Å². The number of hydrogen-bond acceptors (Lipinski definition) is 2. The van der Waals surface area contributed by atoms with Gasteiger partial charge in [0.15, 0.2) is 0 Å². The summed E-state index contributed by atoms with van der Waals surface area (Å²) in [7, 11) is 0. The minimum atomic E-state index is 0.224. The van der Waals surface area contributed by atoms with Crippen LogP contribution in [0.2, 0.25) is 0 Å². The summed E-state index contributed by atoms with van der Waals surface area (Å²) in [6.07, 6.45) is 6.05. The third kappa shape index (κ3) is 2.60. The molecule has 0 atom stereocenters. The molecule has 0 aromatic heterocycles. The fourth-order valence-electron chi connectivity index (χ4n) is 3.16. The first-order valence-corrected chi connectivity index (χ1v) is 7.49. The fourth-order valence-corrected chi connectivity index (χ4v) is 3.16. The van der Waals surface area contributed by atoms with E-state index >= 15 is 0 Å². The molecular weight excluding hydrogens is 236 g/mol. The molecule has 102 valence electrons. The zero-order chi connectivity index (χ0) is 13.1. The zero-order valence-corrected chi connectivity index (χ0v) is 11.5. The molecule has 2 aliphatic heterocycles. The predicted octanol–water partition coefficient (Wildman–Crippen LogP) is 2.91. The maximum atomic E-state index is 12.7. The van der Waals surface area contributed by atoms with Gasteiger partial charge in [-0.25, -0.2) is 0 Å². The Hall–Kier alpha value is -1.51. The highest BCUT2D eigenvalue weighted by atomic mass is 16.2. The van der Waals surface area contributed by atoms with E-state index in [-0.39, 0.29) is 5.91 Å². The molecule has 0 spiro atoms. The Bertz CT molecular complexity index is 446. The van der Waals surface area contributed by atoms with Crippen LogP contribution in [0.3, 0.4) is 0 Å². The minimum absolute atomic E-state index is 0.224. The average molecular weight is 258 g/mol. The number of carbonyl (C=O) groups excluding carboxylic acids is 1. The summed E-state index contributed by atoms with van der Waals surface area (Å²) in [4.78, 5) is 17.1. The van der Waals surface area contributed by atoms with Crippen LogP contribution < -0.4 is 4.90 Å². The molecule has 1 aromatic carbocycles. The van der Waals surface area contributed by atoms with E-state index in [1.165, 1.54) is 19.3 Å². The molecule has 0 unspecified atom stereocenters. The van der Waals surface area contributed by atoms with Crippen molar-refractivity contribution in [3.8, 4) is 0 Å². The van der Waals surface area contributed by atoms with Gasteiger partial charge in [0.1, 0.15) is 0 Å². The van der Waals surface area contributed by atoms with Gasteiger partial charge in [0.05, 0.1) is 5.56 Å². The molecule has 2 heterocycles. The van der Waals surface area contributed by atoms with Gasteiger partial charge >= 0.3 is 0 Å². The van der Waals surface area contributed by atoms with Crippen molar-refractivity contribution in [1.29, 1.82) is 0 Å². The summed E-state index contributed by atoms with van der Waals surface area (Å²) in [6.45, 7) is 4.02. The first-order chi connectivity index (χ1) is 9.36. The number of rotatable bonds is 2. The Kier molecular flexibility index (Phi) is 3.72. The molecule has 3 nitrogen and oxygen atoms in total. The molecule has 0 aliphatic carbocycles. The van der Waals surface area contributed by atoms with Gasteiger partial charge in [-0.15, -0.1) is 0 Å². The first-order valence-electron chi connectivity index (χ1n) is 7.49. The largest absolute Gasteiger partial charge is 0.371 e. The Morgan fingerprint density at radius 1 is 0.842 bits per heavy atom. The van der Waals surface area contributed by atoms with Gasteiger partial charge in [0, 0.05) is 31.9 Å². The van der Waals surface area contributed by atoms with Crippen molar-refractivity contribution in [2.45, 2.75) is 32.1 Å². The number of hydrogen-bond donors (Lipinski definition) is 0.